The normalized spacial score (nSPS) is 17.5. The van der Waals surface area contributed by atoms with E-state index in [2.05, 4.69) is 4.98 Å². The standard InChI is InChI=1S/C14H20N2O5/c1-4-21-12(19)9-10(17)11(18)16-6-5-7-20-8-14(2,3)13(16)15-9/h17H,4-8H2,1-3H3. The summed E-state index contributed by atoms with van der Waals surface area (Å²) in [7, 11) is 0. The number of nitrogens with zero attached hydrogens (tertiary/aromatic N) is 2. The van der Waals surface area contributed by atoms with Gasteiger partial charge in [0.1, 0.15) is 5.82 Å². The molecular formula is C14H20N2O5. The van der Waals surface area contributed by atoms with E-state index in [9.17, 15) is 14.7 Å². The Morgan fingerprint density at radius 2 is 2.24 bits per heavy atom. The molecule has 0 spiro atoms. The molecule has 1 N–H and O–H groups in total. The molecule has 2 rings (SSSR count). The van der Waals surface area contributed by atoms with Crippen LogP contribution in [0.5, 0.6) is 5.75 Å². The van der Waals surface area contributed by atoms with Gasteiger partial charge in [0.25, 0.3) is 5.56 Å². The Hall–Kier alpha value is -1.89. The second-order valence-electron chi connectivity index (χ2n) is 5.60. The van der Waals surface area contributed by atoms with Crippen molar-refractivity contribution in [3.05, 3.63) is 21.9 Å². The highest BCUT2D eigenvalue weighted by atomic mass is 16.5. The number of aromatic nitrogens is 2. The quantitative estimate of drug-likeness (QED) is 0.813. The molecule has 0 unspecified atom stereocenters. The van der Waals surface area contributed by atoms with Crippen LogP contribution in [0.2, 0.25) is 0 Å². The maximum absolute atomic E-state index is 12.3. The Morgan fingerprint density at radius 1 is 1.52 bits per heavy atom. The van der Waals surface area contributed by atoms with Gasteiger partial charge in [-0.1, -0.05) is 13.8 Å². The highest BCUT2D eigenvalue weighted by Crippen LogP contribution is 2.25. The van der Waals surface area contributed by atoms with Gasteiger partial charge in [-0.3, -0.25) is 9.36 Å². The Labute approximate surface area is 122 Å². The lowest BCUT2D eigenvalue weighted by Crippen LogP contribution is -2.39. The zero-order valence-corrected chi connectivity index (χ0v) is 12.5. The third-order valence-electron chi connectivity index (χ3n) is 3.35. The van der Waals surface area contributed by atoms with Crippen LogP contribution in [-0.4, -0.2) is 40.4 Å². The highest BCUT2D eigenvalue weighted by molar-refractivity contribution is 5.90. The van der Waals surface area contributed by atoms with E-state index in [4.69, 9.17) is 9.47 Å². The lowest BCUT2D eigenvalue weighted by Gasteiger charge is -2.29. The summed E-state index contributed by atoms with van der Waals surface area (Å²) in [6.07, 6.45) is 0.642. The molecule has 0 saturated heterocycles. The van der Waals surface area contributed by atoms with Gasteiger partial charge >= 0.3 is 5.97 Å². The highest BCUT2D eigenvalue weighted by Gasteiger charge is 2.32. The average Bonchev–Trinajstić information content (AvgIpc) is 2.41. The minimum absolute atomic E-state index is 0.144. The third-order valence-corrected chi connectivity index (χ3v) is 3.35. The van der Waals surface area contributed by atoms with Gasteiger partial charge in [-0.05, 0) is 13.3 Å². The minimum atomic E-state index is -0.797. The average molecular weight is 296 g/mol. The molecule has 1 aromatic rings. The summed E-state index contributed by atoms with van der Waals surface area (Å²) in [6.45, 7) is 6.85. The van der Waals surface area contributed by atoms with Crippen molar-refractivity contribution in [1.82, 2.24) is 9.55 Å². The minimum Gasteiger partial charge on any atom is -0.501 e. The van der Waals surface area contributed by atoms with Crippen molar-refractivity contribution in [2.75, 3.05) is 19.8 Å². The summed E-state index contributed by atoms with van der Waals surface area (Å²) in [5, 5.41) is 9.96. The van der Waals surface area contributed by atoms with Gasteiger partial charge in [-0.25, -0.2) is 9.78 Å². The van der Waals surface area contributed by atoms with Crippen LogP contribution < -0.4 is 5.56 Å². The van der Waals surface area contributed by atoms with Crippen LogP contribution in [0.3, 0.4) is 0 Å². The predicted molar refractivity (Wildman–Crippen MR) is 74.6 cm³/mol. The molecule has 0 radical (unpaired) electrons. The molecule has 0 atom stereocenters. The molecule has 7 heteroatoms. The first-order valence-corrected chi connectivity index (χ1v) is 6.97. The molecule has 1 aliphatic heterocycles. The molecule has 0 amide bonds. The monoisotopic (exact) mass is 296 g/mol. The van der Waals surface area contributed by atoms with Gasteiger partial charge in [0.2, 0.25) is 5.75 Å². The van der Waals surface area contributed by atoms with E-state index in [0.717, 1.165) is 0 Å². The SMILES string of the molecule is CCOC(=O)c1nc2n(c(=O)c1O)CCCOCC2(C)C. The van der Waals surface area contributed by atoms with E-state index in [0.29, 0.717) is 32.0 Å². The fourth-order valence-corrected chi connectivity index (χ4v) is 2.33. The molecule has 7 nitrogen and oxygen atoms in total. The van der Waals surface area contributed by atoms with Gasteiger partial charge in [-0.2, -0.15) is 0 Å². The van der Waals surface area contributed by atoms with Crippen molar-refractivity contribution >= 4 is 5.97 Å². The first-order chi connectivity index (χ1) is 9.88. The first-order valence-electron chi connectivity index (χ1n) is 6.97. The summed E-state index contributed by atoms with van der Waals surface area (Å²) in [5.41, 5.74) is -1.49. The van der Waals surface area contributed by atoms with E-state index in [1.165, 1.54) is 4.57 Å². The van der Waals surface area contributed by atoms with Crippen LogP contribution in [-0.2, 0) is 21.4 Å². The molecule has 0 aromatic carbocycles. The zero-order chi connectivity index (χ0) is 15.6. The fraction of sp³-hybridized carbons (Fsp3) is 0.643. The molecular weight excluding hydrogens is 276 g/mol. The van der Waals surface area contributed by atoms with Crippen molar-refractivity contribution < 1.29 is 19.4 Å². The number of carbonyl (C=O) groups excluding carboxylic acids is 1. The largest absolute Gasteiger partial charge is 0.501 e. The molecule has 0 fully saturated rings. The van der Waals surface area contributed by atoms with Crippen LogP contribution in [0.4, 0.5) is 0 Å². The van der Waals surface area contributed by atoms with E-state index in [-0.39, 0.29) is 12.3 Å². The van der Waals surface area contributed by atoms with E-state index >= 15 is 0 Å². The van der Waals surface area contributed by atoms with Crippen molar-refractivity contribution in [2.24, 2.45) is 0 Å². The number of aromatic hydroxyl groups is 1. The van der Waals surface area contributed by atoms with Gasteiger partial charge in [0.05, 0.1) is 13.2 Å². The van der Waals surface area contributed by atoms with Crippen LogP contribution in [0.1, 0.15) is 43.5 Å². The molecule has 21 heavy (non-hydrogen) atoms. The first kappa shape index (κ1) is 15.5. The van der Waals surface area contributed by atoms with Gasteiger partial charge < -0.3 is 14.6 Å². The van der Waals surface area contributed by atoms with Crippen LogP contribution in [0.25, 0.3) is 0 Å². The van der Waals surface area contributed by atoms with Crippen LogP contribution in [0, 0.1) is 0 Å². The van der Waals surface area contributed by atoms with Gasteiger partial charge in [0.15, 0.2) is 5.69 Å². The topological polar surface area (TPSA) is 90.7 Å². The number of rotatable bonds is 2. The fourth-order valence-electron chi connectivity index (χ4n) is 2.33. The van der Waals surface area contributed by atoms with E-state index in [1.54, 1.807) is 6.92 Å². The zero-order valence-electron chi connectivity index (χ0n) is 12.5. The summed E-state index contributed by atoms with van der Waals surface area (Å²) < 4.78 is 11.8. The molecule has 1 aromatic heterocycles. The van der Waals surface area contributed by atoms with Gasteiger partial charge in [0, 0.05) is 18.6 Å². The number of ether oxygens (including phenoxy) is 2. The Bertz CT molecular complexity index is 606. The second-order valence-corrected chi connectivity index (χ2v) is 5.60. The number of fused-ring (bicyclic) bond motifs is 1. The van der Waals surface area contributed by atoms with Crippen molar-refractivity contribution in [3.63, 3.8) is 0 Å². The number of hydrogen-bond acceptors (Lipinski definition) is 6. The third kappa shape index (κ3) is 2.92. The van der Waals surface area contributed by atoms with E-state index in [1.807, 2.05) is 13.8 Å². The van der Waals surface area contributed by atoms with Crippen molar-refractivity contribution in [2.45, 2.75) is 39.2 Å². The molecule has 2 heterocycles. The van der Waals surface area contributed by atoms with Crippen LogP contribution in [0.15, 0.2) is 4.79 Å². The Kier molecular flexibility index (Phi) is 4.32. The van der Waals surface area contributed by atoms with Crippen molar-refractivity contribution in [1.29, 1.82) is 0 Å². The lowest BCUT2D eigenvalue weighted by molar-refractivity contribution is 0.0508. The lowest BCUT2D eigenvalue weighted by atomic mass is 9.92. The molecule has 0 saturated carbocycles. The van der Waals surface area contributed by atoms with Crippen LogP contribution >= 0.6 is 0 Å². The molecule has 116 valence electrons. The number of carbonyl (C=O) groups is 1. The van der Waals surface area contributed by atoms with Gasteiger partial charge in [-0.15, -0.1) is 0 Å². The summed E-state index contributed by atoms with van der Waals surface area (Å²) in [4.78, 5) is 28.4. The maximum atomic E-state index is 12.3. The predicted octanol–water partition coefficient (Wildman–Crippen LogP) is 0.823. The van der Waals surface area contributed by atoms with E-state index < -0.39 is 22.7 Å². The number of hydrogen-bond donors (Lipinski definition) is 1. The number of esters is 1. The summed E-state index contributed by atoms with van der Waals surface area (Å²) in [5.74, 6) is -1.03. The molecule has 0 aliphatic carbocycles. The van der Waals surface area contributed by atoms with Crippen molar-refractivity contribution in [3.8, 4) is 5.75 Å². The smallest absolute Gasteiger partial charge is 0.361 e. The second kappa shape index (κ2) is 5.85. The Morgan fingerprint density at radius 3 is 2.90 bits per heavy atom. The molecule has 1 aliphatic rings. The summed E-state index contributed by atoms with van der Waals surface area (Å²) >= 11 is 0. The Balaban J connectivity index is 2.64. The molecule has 0 bridgehead atoms. The summed E-state index contributed by atoms with van der Waals surface area (Å²) in [6, 6.07) is 0. The maximum Gasteiger partial charge on any atom is 0.361 e.